The van der Waals surface area contributed by atoms with E-state index in [1.165, 1.54) is 19.3 Å². The van der Waals surface area contributed by atoms with Crippen LogP contribution in [0, 0.1) is 17.8 Å². The molecule has 0 saturated heterocycles. The molecule has 0 amide bonds. The second-order valence-electron chi connectivity index (χ2n) is 8.21. The summed E-state index contributed by atoms with van der Waals surface area (Å²) >= 11 is 0. The summed E-state index contributed by atoms with van der Waals surface area (Å²) in [5, 5.41) is 21.4. The molecule has 2 bridgehead atoms. The van der Waals surface area contributed by atoms with E-state index in [-0.39, 0.29) is 29.6 Å². The molecule has 3 heteroatoms. The Labute approximate surface area is 151 Å². The molecular formula is C22H32O3. The summed E-state index contributed by atoms with van der Waals surface area (Å²) in [5.74, 6) is -0.472. The van der Waals surface area contributed by atoms with Gasteiger partial charge >= 0.3 is 0 Å². The van der Waals surface area contributed by atoms with Crippen LogP contribution in [-0.2, 0) is 4.79 Å². The van der Waals surface area contributed by atoms with Gasteiger partial charge in [0.15, 0.2) is 5.78 Å². The van der Waals surface area contributed by atoms with E-state index >= 15 is 0 Å². The summed E-state index contributed by atoms with van der Waals surface area (Å²) in [6.07, 6.45) is 15.4. The van der Waals surface area contributed by atoms with Crippen molar-refractivity contribution in [2.75, 3.05) is 0 Å². The predicted molar refractivity (Wildman–Crippen MR) is 100 cm³/mol. The Hall–Kier alpha value is -1.19. The average molecular weight is 344 g/mol. The van der Waals surface area contributed by atoms with Gasteiger partial charge in [0, 0.05) is 11.8 Å². The van der Waals surface area contributed by atoms with Crippen molar-refractivity contribution >= 4 is 5.78 Å². The van der Waals surface area contributed by atoms with Crippen LogP contribution in [0.2, 0.25) is 0 Å². The third-order valence-corrected chi connectivity index (χ3v) is 6.23. The Morgan fingerprint density at radius 3 is 2.76 bits per heavy atom. The Balaban J connectivity index is 1.86. The van der Waals surface area contributed by atoms with E-state index in [4.69, 9.17) is 0 Å². The van der Waals surface area contributed by atoms with Crippen LogP contribution in [0.3, 0.4) is 0 Å². The summed E-state index contributed by atoms with van der Waals surface area (Å²) in [6, 6.07) is 0. The van der Waals surface area contributed by atoms with E-state index in [1.807, 2.05) is 25.2 Å². The molecule has 0 aliphatic heterocycles. The van der Waals surface area contributed by atoms with Crippen LogP contribution in [-0.4, -0.2) is 27.7 Å². The van der Waals surface area contributed by atoms with Crippen molar-refractivity contribution in [2.45, 2.75) is 76.9 Å². The molecule has 0 aromatic heterocycles. The van der Waals surface area contributed by atoms with Crippen LogP contribution < -0.4 is 0 Å². The van der Waals surface area contributed by atoms with Crippen LogP contribution in [0.4, 0.5) is 0 Å². The minimum atomic E-state index is -1.40. The highest BCUT2D eigenvalue weighted by Crippen LogP contribution is 2.47. The number of allylic oxidation sites excluding steroid dienone is 3. The molecule has 1 fully saturated rings. The Morgan fingerprint density at radius 2 is 2.00 bits per heavy atom. The lowest BCUT2D eigenvalue weighted by Gasteiger charge is -2.40. The highest BCUT2D eigenvalue weighted by Gasteiger charge is 2.52. The number of aliphatic hydroxyl groups excluding tert-OH is 1. The molecule has 3 aliphatic rings. The SMILES string of the molecule is CCCCCCC[C@H]1/C=C\C(C)=C/[C@@H]2C(=O)[C@@]1(O)C=C1C[C@H](O)C[C@H]12. The van der Waals surface area contributed by atoms with Crippen LogP contribution in [0.1, 0.15) is 65.2 Å². The summed E-state index contributed by atoms with van der Waals surface area (Å²) in [6.45, 7) is 4.23. The zero-order chi connectivity index (χ0) is 18.0. The minimum absolute atomic E-state index is 0.0643. The number of carbonyl (C=O) groups excluding carboxylic acids is 1. The van der Waals surface area contributed by atoms with Gasteiger partial charge in [-0.3, -0.25) is 4.79 Å². The fourth-order valence-electron chi connectivity index (χ4n) is 4.82. The van der Waals surface area contributed by atoms with Crippen LogP contribution in [0.15, 0.2) is 35.5 Å². The lowest BCUT2D eigenvalue weighted by atomic mass is 9.65. The number of hydrogen-bond donors (Lipinski definition) is 2. The van der Waals surface area contributed by atoms with Crippen molar-refractivity contribution in [1.29, 1.82) is 0 Å². The molecule has 0 radical (unpaired) electrons. The number of rotatable bonds is 6. The van der Waals surface area contributed by atoms with Crippen molar-refractivity contribution in [2.24, 2.45) is 17.8 Å². The molecule has 3 rings (SSSR count). The van der Waals surface area contributed by atoms with Gasteiger partial charge in [-0.15, -0.1) is 0 Å². The first kappa shape index (κ1) is 18.6. The number of ketones is 1. The smallest absolute Gasteiger partial charge is 0.176 e. The lowest BCUT2D eigenvalue weighted by molar-refractivity contribution is -0.141. The molecule has 3 aliphatic carbocycles. The Morgan fingerprint density at radius 1 is 1.24 bits per heavy atom. The normalized spacial score (nSPS) is 40.6. The molecule has 0 heterocycles. The highest BCUT2D eigenvalue weighted by atomic mass is 16.3. The number of Topliss-reactive ketones (excluding diaryl/α,β-unsaturated/α-hetero) is 1. The third kappa shape index (κ3) is 3.68. The van der Waals surface area contributed by atoms with Gasteiger partial charge in [0.05, 0.1) is 6.10 Å². The zero-order valence-corrected chi connectivity index (χ0v) is 15.6. The van der Waals surface area contributed by atoms with Crippen LogP contribution in [0.25, 0.3) is 0 Å². The molecule has 0 aromatic rings. The Bertz CT molecular complexity index is 600. The van der Waals surface area contributed by atoms with Gasteiger partial charge < -0.3 is 10.2 Å². The molecule has 0 unspecified atom stereocenters. The quantitative estimate of drug-likeness (QED) is 0.563. The lowest BCUT2D eigenvalue weighted by Crippen LogP contribution is -2.51. The molecule has 3 nitrogen and oxygen atoms in total. The third-order valence-electron chi connectivity index (χ3n) is 6.23. The van der Waals surface area contributed by atoms with Gasteiger partial charge in [-0.1, -0.05) is 68.4 Å². The fraction of sp³-hybridized carbons (Fsp3) is 0.682. The maximum atomic E-state index is 13.2. The topological polar surface area (TPSA) is 57.5 Å². The van der Waals surface area contributed by atoms with Crippen molar-refractivity contribution in [3.63, 3.8) is 0 Å². The van der Waals surface area contributed by atoms with Crippen molar-refractivity contribution in [1.82, 2.24) is 0 Å². The van der Waals surface area contributed by atoms with Crippen molar-refractivity contribution in [3.05, 3.63) is 35.5 Å². The van der Waals surface area contributed by atoms with Gasteiger partial charge in [0.1, 0.15) is 5.60 Å². The summed E-state index contributed by atoms with van der Waals surface area (Å²) in [7, 11) is 0. The number of fused-ring (bicyclic) bond motifs is 4. The fourth-order valence-corrected chi connectivity index (χ4v) is 4.82. The zero-order valence-electron chi connectivity index (χ0n) is 15.6. The van der Waals surface area contributed by atoms with E-state index in [2.05, 4.69) is 13.0 Å². The first-order valence-corrected chi connectivity index (χ1v) is 9.98. The molecule has 2 N–H and O–H groups in total. The standard InChI is InChI=1S/C22H32O3/c1-3-4-5-6-7-8-17-10-9-15(2)11-20-19-13-18(23)12-16(19)14-22(17,25)21(20)24/h9-11,14,17-20,23,25H,3-8,12-13H2,1-2H3/b10-9-,15-11-/t17-,18-,19+,20-,22+/m0/s1. The molecule has 0 spiro atoms. The van der Waals surface area contributed by atoms with E-state index in [0.29, 0.717) is 12.8 Å². The first-order valence-electron chi connectivity index (χ1n) is 9.98. The number of carbonyl (C=O) groups is 1. The largest absolute Gasteiger partial charge is 0.393 e. The Kier molecular flexibility index (Phi) is 5.65. The van der Waals surface area contributed by atoms with Crippen LogP contribution >= 0.6 is 0 Å². The summed E-state index contributed by atoms with van der Waals surface area (Å²) < 4.78 is 0. The monoisotopic (exact) mass is 344 g/mol. The second-order valence-corrected chi connectivity index (χ2v) is 8.21. The maximum absolute atomic E-state index is 13.2. The van der Waals surface area contributed by atoms with Crippen molar-refractivity contribution in [3.8, 4) is 0 Å². The van der Waals surface area contributed by atoms with E-state index < -0.39 is 5.60 Å². The van der Waals surface area contributed by atoms with E-state index in [0.717, 1.165) is 30.4 Å². The number of aliphatic hydroxyl groups is 2. The van der Waals surface area contributed by atoms with Gasteiger partial charge in [0.25, 0.3) is 0 Å². The maximum Gasteiger partial charge on any atom is 0.176 e. The second kappa shape index (κ2) is 7.59. The average Bonchev–Trinajstić information content (AvgIpc) is 2.93. The van der Waals surface area contributed by atoms with Gasteiger partial charge in [0.2, 0.25) is 0 Å². The molecule has 138 valence electrons. The van der Waals surface area contributed by atoms with E-state index in [1.54, 1.807) is 0 Å². The van der Waals surface area contributed by atoms with Gasteiger partial charge in [-0.2, -0.15) is 0 Å². The predicted octanol–water partition coefficient (Wildman–Crippen LogP) is 4.11. The number of unbranched alkanes of at least 4 members (excludes halogenated alkanes) is 4. The number of hydrogen-bond acceptors (Lipinski definition) is 3. The first-order chi connectivity index (χ1) is 12.0. The summed E-state index contributed by atoms with van der Waals surface area (Å²) in [5.41, 5.74) is 0.757. The van der Waals surface area contributed by atoms with Crippen molar-refractivity contribution < 1.29 is 15.0 Å². The summed E-state index contributed by atoms with van der Waals surface area (Å²) in [4.78, 5) is 13.2. The molecule has 25 heavy (non-hydrogen) atoms. The molecule has 5 atom stereocenters. The highest BCUT2D eigenvalue weighted by molar-refractivity contribution is 5.95. The minimum Gasteiger partial charge on any atom is -0.393 e. The van der Waals surface area contributed by atoms with Gasteiger partial charge in [-0.25, -0.2) is 0 Å². The molecular weight excluding hydrogens is 312 g/mol. The van der Waals surface area contributed by atoms with Gasteiger partial charge in [-0.05, 0) is 38.2 Å². The molecule has 1 saturated carbocycles. The van der Waals surface area contributed by atoms with Crippen LogP contribution in [0.5, 0.6) is 0 Å². The van der Waals surface area contributed by atoms with E-state index in [9.17, 15) is 15.0 Å². The molecule has 0 aromatic carbocycles.